The Morgan fingerprint density at radius 2 is 1.39 bits per heavy atom. The molecular weight excluding hydrogens is 236 g/mol. The molecule has 0 heterocycles. The van der Waals surface area contributed by atoms with Gasteiger partial charge in [0.05, 0.1) is 0 Å². The average molecular weight is 252 g/mol. The third-order valence-electron chi connectivity index (χ3n) is 2.34. The fourth-order valence-electron chi connectivity index (χ4n) is 1.38. The average Bonchev–Trinajstić information content (AvgIpc) is 2.57. The Hall–Kier alpha value is -1.85. The number of rotatable bonds is 2. The van der Waals surface area contributed by atoms with Gasteiger partial charge in [-0.15, -0.1) is 0 Å². The number of fused-ring (bicyclic) bond motifs is 1. The summed E-state index contributed by atoms with van der Waals surface area (Å²) in [5.74, 6) is 0. The van der Waals surface area contributed by atoms with Crippen LogP contribution in [0.25, 0.3) is 10.8 Å². The second-order valence-corrected chi connectivity index (χ2v) is 3.61. The number of aliphatic hydroxyl groups is 1. The van der Waals surface area contributed by atoms with Crippen molar-refractivity contribution in [3.63, 3.8) is 0 Å². The molecular formula is C13H16O5. The molecule has 5 nitrogen and oxygen atoms in total. The minimum absolute atomic E-state index is 0. The number of hydrogen-bond acceptors (Lipinski definition) is 4. The van der Waals surface area contributed by atoms with Crippen molar-refractivity contribution in [3.05, 3.63) is 54.9 Å². The van der Waals surface area contributed by atoms with Crippen LogP contribution in [0.2, 0.25) is 0 Å². The van der Waals surface area contributed by atoms with Crippen molar-refractivity contribution in [2.75, 3.05) is 6.61 Å². The molecule has 0 spiro atoms. The van der Waals surface area contributed by atoms with Crippen molar-refractivity contribution in [1.82, 2.24) is 0 Å². The maximum atomic E-state index is 11.0. The highest BCUT2D eigenvalue weighted by molar-refractivity contribution is 5.83. The minimum atomic E-state index is -0.920. The SMILES string of the molecule is CCCCO.O.O=c1c(=O)c2ccccc2c1=O. The van der Waals surface area contributed by atoms with Gasteiger partial charge in [-0.2, -0.15) is 0 Å². The zero-order valence-electron chi connectivity index (χ0n) is 10.1. The highest BCUT2D eigenvalue weighted by atomic mass is 16.3. The Morgan fingerprint density at radius 3 is 1.67 bits per heavy atom. The second-order valence-electron chi connectivity index (χ2n) is 3.61. The van der Waals surface area contributed by atoms with E-state index in [0.717, 1.165) is 12.8 Å². The van der Waals surface area contributed by atoms with Gasteiger partial charge in [-0.1, -0.05) is 37.6 Å². The molecule has 0 atom stereocenters. The van der Waals surface area contributed by atoms with Crippen molar-refractivity contribution in [2.24, 2.45) is 0 Å². The van der Waals surface area contributed by atoms with Crippen molar-refractivity contribution in [1.29, 1.82) is 0 Å². The number of benzene rings is 1. The Bertz CT molecular complexity index is 571. The smallest absolute Gasteiger partial charge is 0.273 e. The summed E-state index contributed by atoms with van der Waals surface area (Å²) in [6.07, 6.45) is 2.04. The lowest BCUT2D eigenvalue weighted by molar-refractivity contribution is 0.287. The van der Waals surface area contributed by atoms with Gasteiger partial charge in [0.2, 0.25) is 10.9 Å². The largest absolute Gasteiger partial charge is 0.412 e. The molecule has 0 amide bonds. The molecule has 0 aliphatic carbocycles. The van der Waals surface area contributed by atoms with E-state index in [0.29, 0.717) is 6.61 Å². The van der Waals surface area contributed by atoms with Crippen molar-refractivity contribution < 1.29 is 10.6 Å². The summed E-state index contributed by atoms with van der Waals surface area (Å²) in [5, 5.41) is 8.52. The quantitative estimate of drug-likeness (QED) is 0.744. The first-order chi connectivity index (χ1) is 8.13. The fourth-order valence-corrected chi connectivity index (χ4v) is 1.38. The zero-order valence-corrected chi connectivity index (χ0v) is 10.1. The molecule has 0 radical (unpaired) electrons. The highest BCUT2D eigenvalue weighted by Crippen LogP contribution is 2.01. The van der Waals surface area contributed by atoms with Crippen LogP contribution in [0.3, 0.4) is 0 Å². The third-order valence-corrected chi connectivity index (χ3v) is 2.34. The summed E-state index contributed by atoms with van der Waals surface area (Å²) >= 11 is 0. The molecule has 0 saturated carbocycles. The van der Waals surface area contributed by atoms with Crippen LogP contribution in [0.5, 0.6) is 0 Å². The van der Waals surface area contributed by atoms with Gasteiger partial charge in [-0.05, 0) is 6.42 Å². The zero-order chi connectivity index (χ0) is 12.8. The standard InChI is InChI=1S/C9H4O3.C4H10O.H2O/c10-7-5-3-1-2-4-6(5)8(11)9(7)12;1-2-3-4-5;/h1-4H;5H,2-4H2,1H3;1H2. The van der Waals surface area contributed by atoms with E-state index in [4.69, 9.17) is 5.11 Å². The minimum Gasteiger partial charge on any atom is -0.412 e. The molecule has 2 rings (SSSR count). The normalized spacial score (nSPS) is 9.44. The Balaban J connectivity index is 0.000000421. The molecule has 98 valence electrons. The second kappa shape index (κ2) is 7.47. The lowest BCUT2D eigenvalue weighted by Crippen LogP contribution is -2.29. The maximum Gasteiger partial charge on any atom is 0.273 e. The highest BCUT2D eigenvalue weighted by Gasteiger charge is 2.09. The van der Waals surface area contributed by atoms with Crippen LogP contribution in [-0.4, -0.2) is 17.2 Å². The molecule has 0 unspecified atom stereocenters. The molecule has 2 aromatic carbocycles. The van der Waals surface area contributed by atoms with Crippen LogP contribution in [0.15, 0.2) is 38.6 Å². The summed E-state index contributed by atoms with van der Waals surface area (Å²) in [4.78, 5) is 32.9. The van der Waals surface area contributed by atoms with Gasteiger partial charge in [0.15, 0.2) is 0 Å². The first-order valence-corrected chi connectivity index (χ1v) is 5.46. The van der Waals surface area contributed by atoms with Crippen LogP contribution < -0.4 is 16.3 Å². The van der Waals surface area contributed by atoms with Gasteiger partial charge >= 0.3 is 0 Å². The molecule has 0 fully saturated rings. The molecule has 18 heavy (non-hydrogen) atoms. The molecule has 0 saturated heterocycles. The van der Waals surface area contributed by atoms with E-state index in [-0.39, 0.29) is 16.2 Å². The van der Waals surface area contributed by atoms with Gasteiger partial charge in [0.1, 0.15) is 0 Å². The Labute approximate surface area is 103 Å². The fraction of sp³-hybridized carbons (Fsp3) is 0.308. The molecule has 0 aliphatic rings. The molecule has 0 aromatic heterocycles. The van der Waals surface area contributed by atoms with E-state index in [9.17, 15) is 14.4 Å². The van der Waals surface area contributed by atoms with E-state index < -0.39 is 16.3 Å². The molecule has 0 aliphatic heterocycles. The van der Waals surface area contributed by atoms with Gasteiger partial charge in [-0.3, -0.25) is 14.4 Å². The van der Waals surface area contributed by atoms with Crippen LogP contribution >= 0.6 is 0 Å². The van der Waals surface area contributed by atoms with E-state index >= 15 is 0 Å². The summed E-state index contributed by atoms with van der Waals surface area (Å²) in [7, 11) is 0. The summed E-state index contributed by atoms with van der Waals surface area (Å²) in [6, 6.07) is 6.23. The predicted octanol–water partition coefficient (Wildman–Crippen LogP) is -0.250. The van der Waals surface area contributed by atoms with Crippen LogP contribution in [0, 0.1) is 0 Å². The van der Waals surface area contributed by atoms with Crippen LogP contribution in [0.4, 0.5) is 0 Å². The first kappa shape index (κ1) is 16.2. The van der Waals surface area contributed by atoms with Crippen molar-refractivity contribution in [2.45, 2.75) is 19.8 Å². The van der Waals surface area contributed by atoms with Gasteiger partial charge in [0, 0.05) is 17.4 Å². The van der Waals surface area contributed by atoms with Crippen molar-refractivity contribution >= 4 is 10.8 Å². The Morgan fingerprint density at radius 1 is 0.944 bits per heavy atom. The maximum absolute atomic E-state index is 11.0. The first-order valence-electron chi connectivity index (χ1n) is 5.46. The number of hydrogen-bond donors (Lipinski definition) is 1. The predicted molar refractivity (Wildman–Crippen MR) is 70.7 cm³/mol. The van der Waals surface area contributed by atoms with Crippen LogP contribution in [0.1, 0.15) is 19.8 Å². The summed E-state index contributed by atoms with van der Waals surface area (Å²) in [6.45, 7) is 2.40. The Kier molecular flexibility index (Phi) is 6.70. The summed E-state index contributed by atoms with van der Waals surface area (Å²) < 4.78 is 0. The van der Waals surface area contributed by atoms with E-state index in [1.54, 1.807) is 12.1 Å². The topological polar surface area (TPSA) is 103 Å². The van der Waals surface area contributed by atoms with Crippen molar-refractivity contribution in [3.8, 4) is 0 Å². The third kappa shape index (κ3) is 3.32. The van der Waals surface area contributed by atoms with Crippen LogP contribution in [-0.2, 0) is 0 Å². The van der Waals surface area contributed by atoms with E-state index in [1.807, 2.05) is 0 Å². The number of aliphatic hydroxyl groups excluding tert-OH is 1. The van der Waals surface area contributed by atoms with Gasteiger partial charge < -0.3 is 10.6 Å². The molecule has 5 heteroatoms. The lowest BCUT2D eigenvalue weighted by Gasteiger charge is -1.81. The summed E-state index contributed by atoms with van der Waals surface area (Å²) in [5.41, 5.74) is -2.29. The molecule has 2 aromatic rings. The molecule has 0 bridgehead atoms. The van der Waals surface area contributed by atoms with Gasteiger partial charge in [0.25, 0.3) is 5.43 Å². The van der Waals surface area contributed by atoms with E-state index in [1.165, 1.54) is 12.1 Å². The van der Waals surface area contributed by atoms with E-state index in [2.05, 4.69) is 6.92 Å². The number of unbranched alkanes of at least 4 members (excludes halogenated alkanes) is 1. The van der Waals surface area contributed by atoms with Gasteiger partial charge in [-0.25, -0.2) is 0 Å². The monoisotopic (exact) mass is 252 g/mol. The lowest BCUT2D eigenvalue weighted by atomic mass is 10.2. The molecule has 3 N–H and O–H groups in total.